The number of nitrogens with zero attached hydrogens (tertiary/aromatic N) is 3. The molecule has 0 unspecified atom stereocenters. The van der Waals surface area contributed by atoms with Gasteiger partial charge in [-0.3, -0.25) is 10.1 Å². The third kappa shape index (κ3) is 2.01. The van der Waals surface area contributed by atoms with Crippen molar-refractivity contribution < 1.29 is 9.34 Å². The van der Waals surface area contributed by atoms with E-state index in [1.54, 1.807) is 6.07 Å². The second-order valence-electron chi connectivity index (χ2n) is 4.00. The van der Waals surface area contributed by atoms with E-state index in [4.69, 9.17) is 4.42 Å². The van der Waals surface area contributed by atoms with Gasteiger partial charge in [-0.25, -0.2) is 0 Å². The molecule has 18 heavy (non-hydrogen) atoms. The van der Waals surface area contributed by atoms with E-state index in [0.29, 0.717) is 17.1 Å². The number of rotatable bonds is 2. The van der Waals surface area contributed by atoms with Crippen LogP contribution in [0.25, 0.3) is 11.1 Å². The van der Waals surface area contributed by atoms with Gasteiger partial charge in [0.25, 0.3) is 11.7 Å². The Labute approximate surface area is 107 Å². The number of benzene rings is 1. The predicted molar refractivity (Wildman–Crippen MR) is 70.2 cm³/mol. The van der Waals surface area contributed by atoms with Gasteiger partial charge in [-0.1, -0.05) is 0 Å². The Bertz CT molecular complexity index is 592. The molecule has 2 aromatic rings. The zero-order valence-electron chi connectivity index (χ0n) is 9.54. The van der Waals surface area contributed by atoms with Gasteiger partial charge in [0, 0.05) is 36.7 Å². The number of nitro groups is 1. The molecule has 0 radical (unpaired) electrons. The molecule has 0 aliphatic carbocycles. The molecule has 6 nitrogen and oxygen atoms in total. The summed E-state index contributed by atoms with van der Waals surface area (Å²) in [6.45, 7) is 1.80. The molecule has 0 saturated carbocycles. The van der Waals surface area contributed by atoms with Crippen molar-refractivity contribution in [3.63, 3.8) is 0 Å². The summed E-state index contributed by atoms with van der Waals surface area (Å²) >= 11 is 1.91. The topological polar surface area (TPSA) is 72.4 Å². The summed E-state index contributed by atoms with van der Waals surface area (Å²) in [4.78, 5) is 16.7. The van der Waals surface area contributed by atoms with Gasteiger partial charge in [-0.05, 0) is 6.07 Å². The molecule has 1 aliphatic rings. The van der Waals surface area contributed by atoms with Crippen molar-refractivity contribution in [2.75, 3.05) is 29.5 Å². The lowest BCUT2D eigenvalue weighted by Crippen LogP contribution is -2.32. The number of anilines is 1. The average molecular weight is 265 g/mol. The Hall–Kier alpha value is -1.76. The monoisotopic (exact) mass is 265 g/mol. The molecule has 0 spiro atoms. The molecule has 3 rings (SSSR count). The normalized spacial score (nSPS) is 16.1. The first-order chi connectivity index (χ1) is 8.74. The van der Waals surface area contributed by atoms with Gasteiger partial charge in [0.1, 0.15) is 5.52 Å². The van der Waals surface area contributed by atoms with Crippen molar-refractivity contribution in [3.05, 3.63) is 28.3 Å². The van der Waals surface area contributed by atoms with Crippen molar-refractivity contribution in [3.8, 4) is 0 Å². The van der Waals surface area contributed by atoms with Crippen molar-refractivity contribution in [1.29, 1.82) is 0 Å². The highest BCUT2D eigenvalue weighted by Gasteiger charge is 2.18. The summed E-state index contributed by atoms with van der Waals surface area (Å²) in [6.07, 6.45) is 0. The highest BCUT2D eigenvalue weighted by atomic mass is 32.2. The Kier molecular flexibility index (Phi) is 2.83. The van der Waals surface area contributed by atoms with Crippen LogP contribution in [-0.4, -0.2) is 34.5 Å². The third-order valence-electron chi connectivity index (χ3n) is 2.85. The summed E-state index contributed by atoms with van der Waals surface area (Å²) < 4.78 is 5.63. The van der Waals surface area contributed by atoms with Gasteiger partial charge in [-0.2, -0.15) is 16.7 Å². The van der Waals surface area contributed by atoms with Gasteiger partial charge in [0.15, 0.2) is 5.58 Å². The Balaban J connectivity index is 1.97. The zero-order valence-corrected chi connectivity index (χ0v) is 10.4. The number of thioether (sulfide) groups is 1. The third-order valence-corrected chi connectivity index (χ3v) is 3.79. The van der Waals surface area contributed by atoms with Crippen molar-refractivity contribution >= 4 is 34.6 Å². The van der Waals surface area contributed by atoms with Crippen LogP contribution in [0.4, 0.5) is 11.7 Å². The van der Waals surface area contributed by atoms with Crippen LogP contribution >= 0.6 is 11.8 Å². The summed E-state index contributed by atoms with van der Waals surface area (Å²) in [7, 11) is 0. The van der Waals surface area contributed by atoms with E-state index in [-0.39, 0.29) is 5.69 Å². The van der Waals surface area contributed by atoms with E-state index in [2.05, 4.69) is 9.88 Å². The van der Waals surface area contributed by atoms with Crippen LogP contribution in [0.5, 0.6) is 0 Å². The lowest BCUT2D eigenvalue weighted by atomic mass is 10.3. The van der Waals surface area contributed by atoms with E-state index in [9.17, 15) is 10.1 Å². The first-order valence-corrected chi connectivity index (χ1v) is 6.77. The van der Waals surface area contributed by atoms with Crippen LogP contribution in [0.15, 0.2) is 22.6 Å². The lowest BCUT2D eigenvalue weighted by Gasteiger charge is -2.24. The summed E-state index contributed by atoms with van der Waals surface area (Å²) in [5.74, 6) is 2.11. The molecular weight excluding hydrogens is 254 g/mol. The Morgan fingerprint density at radius 2 is 2.17 bits per heavy atom. The fourth-order valence-electron chi connectivity index (χ4n) is 1.91. The molecule has 0 bridgehead atoms. The van der Waals surface area contributed by atoms with Crippen LogP contribution in [0.3, 0.4) is 0 Å². The van der Waals surface area contributed by atoms with Gasteiger partial charge in [0.05, 0.1) is 4.92 Å². The summed E-state index contributed by atoms with van der Waals surface area (Å²) in [5.41, 5.74) is 1.17. The first kappa shape index (κ1) is 11.3. The minimum Gasteiger partial charge on any atom is -0.423 e. The van der Waals surface area contributed by atoms with Gasteiger partial charge in [-0.15, -0.1) is 0 Å². The van der Waals surface area contributed by atoms with Crippen LogP contribution in [0.1, 0.15) is 0 Å². The highest BCUT2D eigenvalue weighted by Crippen LogP contribution is 2.26. The SMILES string of the molecule is O=[N+]([O-])c1ccc2oc(N3CCSCC3)nc2c1. The maximum absolute atomic E-state index is 10.7. The maximum atomic E-state index is 10.7. The number of oxazole rings is 1. The van der Waals surface area contributed by atoms with Crippen LogP contribution in [0.2, 0.25) is 0 Å². The summed E-state index contributed by atoms with van der Waals surface area (Å²) in [6, 6.07) is 5.04. The fraction of sp³-hybridized carbons (Fsp3) is 0.364. The number of hydrogen-bond acceptors (Lipinski definition) is 6. The van der Waals surface area contributed by atoms with Gasteiger partial charge < -0.3 is 9.32 Å². The average Bonchev–Trinajstić information content (AvgIpc) is 2.82. The molecule has 1 saturated heterocycles. The number of aromatic nitrogens is 1. The predicted octanol–water partition coefficient (Wildman–Crippen LogP) is 2.29. The van der Waals surface area contributed by atoms with E-state index in [0.717, 1.165) is 24.6 Å². The molecule has 2 heterocycles. The van der Waals surface area contributed by atoms with Crippen molar-refractivity contribution in [1.82, 2.24) is 4.98 Å². The van der Waals surface area contributed by atoms with Crippen molar-refractivity contribution in [2.24, 2.45) is 0 Å². The smallest absolute Gasteiger partial charge is 0.298 e. The second kappa shape index (κ2) is 4.49. The molecule has 1 aromatic carbocycles. The van der Waals surface area contributed by atoms with Gasteiger partial charge >= 0.3 is 0 Å². The molecule has 7 heteroatoms. The molecule has 0 atom stereocenters. The standard InChI is InChI=1S/C11H11N3O3S/c15-14(16)8-1-2-10-9(7-8)12-11(17-10)13-3-5-18-6-4-13/h1-2,7H,3-6H2. The van der Waals surface area contributed by atoms with Crippen LogP contribution in [-0.2, 0) is 0 Å². The Morgan fingerprint density at radius 3 is 2.89 bits per heavy atom. The van der Waals surface area contributed by atoms with E-state index >= 15 is 0 Å². The highest BCUT2D eigenvalue weighted by molar-refractivity contribution is 7.99. The van der Waals surface area contributed by atoms with E-state index in [1.807, 2.05) is 11.8 Å². The van der Waals surface area contributed by atoms with Gasteiger partial charge in [0.2, 0.25) is 0 Å². The lowest BCUT2D eigenvalue weighted by molar-refractivity contribution is -0.384. The molecular formula is C11H11N3O3S. The quantitative estimate of drug-likeness (QED) is 0.612. The Morgan fingerprint density at radius 1 is 1.39 bits per heavy atom. The molecule has 94 valence electrons. The second-order valence-corrected chi connectivity index (χ2v) is 5.23. The van der Waals surface area contributed by atoms with Crippen LogP contribution in [0, 0.1) is 10.1 Å². The molecule has 0 N–H and O–H groups in total. The van der Waals surface area contributed by atoms with E-state index in [1.165, 1.54) is 12.1 Å². The fourth-order valence-corrected chi connectivity index (χ4v) is 2.81. The number of hydrogen-bond donors (Lipinski definition) is 0. The maximum Gasteiger partial charge on any atom is 0.298 e. The summed E-state index contributed by atoms with van der Waals surface area (Å²) in [5, 5.41) is 10.7. The molecule has 1 fully saturated rings. The number of fused-ring (bicyclic) bond motifs is 1. The molecule has 1 aliphatic heterocycles. The van der Waals surface area contributed by atoms with Crippen LogP contribution < -0.4 is 4.90 Å². The molecule has 0 amide bonds. The van der Waals surface area contributed by atoms with E-state index < -0.39 is 4.92 Å². The van der Waals surface area contributed by atoms with Crippen molar-refractivity contribution in [2.45, 2.75) is 0 Å². The number of nitro benzene ring substituents is 1. The first-order valence-electron chi connectivity index (χ1n) is 5.62. The zero-order chi connectivity index (χ0) is 12.5. The minimum absolute atomic E-state index is 0.0385. The largest absolute Gasteiger partial charge is 0.423 e. The minimum atomic E-state index is -0.425. The molecule has 1 aromatic heterocycles. The number of non-ortho nitro benzene ring substituents is 1.